The lowest BCUT2D eigenvalue weighted by atomic mass is 9.91. The molecule has 1 aliphatic rings. The van der Waals surface area contributed by atoms with Gasteiger partial charge in [0.1, 0.15) is 18.5 Å². The number of rotatable bonds is 6. The lowest BCUT2D eigenvalue weighted by Gasteiger charge is -2.39. The maximum Gasteiger partial charge on any atom is 0.125 e. The van der Waals surface area contributed by atoms with Gasteiger partial charge in [-0.25, -0.2) is 0 Å². The Labute approximate surface area is 133 Å². The molecule has 124 valence electrons. The molecule has 1 heterocycles. The van der Waals surface area contributed by atoms with Crippen molar-refractivity contribution in [3.63, 3.8) is 0 Å². The summed E-state index contributed by atoms with van der Waals surface area (Å²) in [6, 6.07) is 6.20. The third kappa shape index (κ3) is 4.22. The predicted molar refractivity (Wildman–Crippen MR) is 88.3 cm³/mol. The van der Waals surface area contributed by atoms with Crippen molar-refractivity contribution in [1.29, 1.82) is 0 Å². The van der Waals surface area contributed by atoms with Gasteiger partial charge in [0.05, 0.1) is 6.61 Å². The Morgan fingerprint density at radius 2 is 2.00 bits per heavy atom. The molecule has 0 amide bonds. The fraction of sp³-hybridized carbons (Fsp3) is 0.667. The number of aliphatic hydroxyl groups excluding tert-OH is 2. The molecule has 1 aromatic carbocycles. The molecule has 0 spiro atoms. The van der Waals surface area contributed by atoms with Crippen LogP contribution in [0.2, 0.25) is 0 Å². The Morgan fingerprint density at radius 3 is 2.64 bits per heavy atom. The van der Waals surface area contributed by atoms with E-state index in [1.807, 2.05) is 32.0 Å². The van der Waals surface area contributed by atoms with Crippen molar-refractivity contribution >= 4 is 0 Å². The van der Waals surface area contributed by atoms with Gasteiger partial charge in [-0.2, -0.15) is 0 Å². The second-order valence-electron chi connectivity index (χ2n) is 6.55. The minimum atomic E-state index is -0.543. The van der Waals surface area contributed by atoms with E-state index in [1.54, 1.807) is 0 Å². The van der Waals surface area contributed by atoms with Gasteiger partial charge in [0.2, 0.25) is 0 Å². The zero-order chi connectivity index (χ0) is 16.1. The second kappa shape index (κ2) is 7.95. The van der Waals surface area contributed by atoms with Crippen LogP contribution in [0.25, 0.3) is 0 Å². The number of β-amino-alcohol motifs (C(OH)–C–C–N with tert-alkyl or cyclic N) is 1. The number of para-hydroxylation sites is 1. The molecule has 0 bridgehead atoms. The van der Waals surface area contributed by atoms with E-state index in [9.17, 15) is 10.2 Å². The first-order valence-corrected chi connectivity index (χ1v) is 8.25. The summed E-state index contributed by atoms with van der Waals surface area (Å²) in [7, 11) is 0. The van der Waals surface area contributed by atoms with Gasteiger partial charge in [0.15, 0.2) is 0 Å². The smallest absolute Gasteiger partial charge is 0.125 e. The highest BCUT2D eigenvalue weighted by molar-refractivity contribution is 5.39. The van der Waals surface area contributed by atoms with Gasteiger partial charge in [0, 0.05) is 12.6 Å². The number of hydrogen-bond acceptors (Lipinski definition) is 4. The molecule has 2 N–H and O–H groups in total. The van der Waals surface area contributed by atoms with Crippen LogP contribution in [0.1, 0.15) is 30.9 Å². The molecule has 4 nitrogen and oxygen atoms in total. The molecule has 3 atom stereocenters. The van der Waals surface area contributed by atoms with Gasteiger partial charge in [-0.1, -0.05) is 25.1 Å². The normalized spacial score (nSPS) is 24.2. The fourth-order valence-electron chi connectivity index (χ4n) is 3.39. The molecule has 4 heteroatoms. The van der Waals surface area contributed by atoms with E-state index >= 15 is 0 Å². The van der Waals surface area contributed by atoms with E-state index in [2.05, 4.69) is 11.8 Å². The number of benzene rings is 1. The molecule has 3 unspecified atom stereocenters. The summed E-state index contributed by atoms with van der Waals surface area (Å²) in [6.07, 6.45) is 1.73. The first kappa shape index (κ1) is 17.3. The van der Waals surface area contributed by atoms with Crippen molar-refractivity contribution in [2.24, 2.45) is 5.92 Å². The monoisotopic (exact) mass is 307 g/mol. The van der Waals surface area contributed by atoms with Crippen molar-refractivity contribution in [2.45, 2.75) is 45.8 Å². The average Bonchev–Trinajstić information content (AvgIpc) is 2.47. The SMILES string of the molecule is Cc1cccc(C)c1OCC(O)CN1CCCC(C)C1CO. The minimum absolute atomic E-state index is 0.156. The second-order valence-corrected chi connectivity index (χ2v) is 6.55. The molecule has 0 saturated carbocycles. The molecule has 0 aromatic heterocycles. The number of nitrogens with zero attached hydrogens (tertiary/aromatic N) is 1. The third-order valence-electron chi connectivity index (χ3n) is 4.69. The van der Waals surface area contributed by atoms with Crippen LogP contribution in [0.3, 0.4) is 0 Å². The number of aliphatic hydroxyl groups is 2. The van der Waals surface area contributed by atoms with Gasteiger partial charge in [-0.15, -0.1) is 0 Å². The van der Waals surface area contributed by atoms with Gasteiger partial charge >= 0.3 is 0 Å². The standard InChI is InChI=1S/C18H29NO3/c1-13-8-5-9-19(17(13)11-20)10-16(21)12-22-18-14(2)6-4-7-15(18)3/h4,6-7,13,16-17,20-21H,5,8-12H2,1-3H3. The van der Waals surface area contributed by atoms with Crippen LogP contribution in [0.4, 0.5) is 0 Å². The molecule has 22 heavy (non-hydrogen) atoms. The van der Waals surface area contributed by atoms with Crippen molar-refractivity contribution in [3.05, 3.63) is 29.3 Å². The zero-order valence-corrected chi connectivity index (χ0v) is 14.0. The molecule has 1 fully saturated rings. The van der Waals surface area contributed by atoms with Crippen LogP contribution in [0, 0.1) is 19.8 Å². The number of hydrogen-bond donors (Lipinski definition) is 2. The maximum atomic E-state index is 10.3. The van der Waals surface area contributed by atoms with Gasteiger partial charge in [0.25, 0.3) is 0 Å². The number of likely N-dealkylation sites (tertiary alicyclic amines) is 1. The Balaban J connectivity index is 1.88. The van der Waals surface area contributed by atoms with E-state index < -0.39 is 6.10 Å². The average molecular weight is 307 g/mol. The molecule has 1 aliphatic heterocycles. The quantitative estimate of drug-likeness (QED) is 0.845. The molecule has 0 radical (unpaired) electrons. The van der Waals surface area contributed by atoms with Crippen molar-refractivity contribution < 1.29 is 14.9 Å². The molecular weight excluding hydrogens is 278 g/mol. The highest BCUT2D eigenvalue weighted by atomic mass is 16.5. The molecule has 1 saturated heterocycles. The highest BCUT2D eigenvalue weighted by Crippen LogP contribution is 2.24. The fourth-order valence-corrected chi connectivity index (χ4v) is 3.39. The Morgan fingerprint density at radius 1 is 1.32 bits per heavy atom. The summed E-state index contributed by atoms with van der Waals surface area (Å²) in [4.78, 5) is 2.20. The van der Waals surface area contributed by atoms with Gasteiger partial charge in [-0.05, 0) is 50.3 Å². The zero-order valence-electron chi connectivity index (χ0n) is 14.0. The summed E-state index contributed by atoms with van der Waals surface area (Å²) >= 11 is 0. The number of ether oxygens (including phenoxy) is 1. The Bertz CT molecular complexity index is 457. The minimum Gasteiger partial charge on any atom is -0.490 e. The van der Waals surface area contributed by atoms with E-state index in [1.165, 1.54) is 0 Å². The summed E-state index contributed by atoms with van der Waals surface area (Å²) in [6.45, 7) is 8.15. The summed E-state index contributed by atoms with van der Waals surface area (Å²) in [5.74, 6) is 1.35. The molecule has 0 aliphatic carbocycles. The van der Waals surface area contributed by atoms with Gasteiger partial charge in [-0.3, -0.25) is 4.90 Å². The van der Waals surface area contributed by atoms with Crippen LogP contribution in [0.15, 0.2) is 18.2 Å². The van der Waals surface area contributed by atoms with E-state index in [-0.39, 0.29) is 19.3 Å². The highest BCUT2D eigenvalue weighted by Gasteiger charge is 2.29. The summed E-state index contributed by atoms with van der Waals surface area (Å²) in [5, 5.41) is 19.9. The molecule has 2 rings (SSSR count). The first-order valence-electron chi connectivity index (χ1n) is 8.25. The van der Waals surface area contributed by atoms with Crippen LogP contribution < -0.4 is 4.74 Å². The first-order chi connectivity index (χ1) is 10.5. The van der Waals surface area contributed by atoms with Crippen LogP contribution >= 0.6 is 0 Å². The van der Waals surface area contributed by atoms with Crippen LogP contribution in [-0.2, 0) is 0 Å². The maximum absolute atomic E-state index is 10.3. The van der Waals surface area contributed by atoms with Gasteiger partial charge < -0.3 is 14.9 Å². The van der Waals surface area contributed by atoms with Crippen LogP contribution in [-0.4, -0.2) is 53.6 Å². The van der Waals surface area contributed by atoms with E-state index in [4.69, 9.17) is 4.74 Å². The molecule has 1 aromatic rings. The Kier molecular flexibility index (Phi) is 6.24. The summed E-state index contributed by atoms with van der Waals surface area (Å²) < 4.78 is 5.83. The van der Waals surface area contributed by atoms with Crippen molar-refractivity contribution in [3.8, 4) is 5.75 Å². The topological polar surface area (TPSA) is 52.9 Å². The van der Waals surface area contributed by atoms with Crippen molar-refractivity contribution in [1.82, 2.24) is 4.90 Å². The third-order valence-corrected chi connectivity index (χ3v) is 4.69. The van der Waals surface area contributed by atoms with Crippen molar-refractivity contribution in [2.75, 3.05) is 26.3 Å². The van der Waals surface area contributed by atoms with E-state index in [0.717, 1.165) is 36.3 Å². The predicted octanol–water partition coefficient (Wildman–Crippen LogP) is 2.14. The number of aryl methyl sites for hydroxylation is 2. The lowest BCUT2D eigenvalue weighted by Crippen LogP contribution is -2.50. The lowest BCUT2D eigenvalue weighted by molar-refractivity contribution is 0.00363. The number of piperidine rings is 1. The summed E-state index contributed by atoms with van der Waals surface area (Å²) in [5.41, 5.74) is 2.18. The molecular formula is C18H29NO3. The Hall–Kier alpha value is -1.10. The van der Waals surface area contributed by atoms with E-state index in [0.29, 0.717) is 12.5 Å². The van der Waals surface area contributed by atoms with Crippen LogP contribution in [0.5, 0.6) is 5.75 Å². The largest absolute Gasteiger partial charge is 0.490 e.